The van der Waals surface area contributed by atoms with Crippen molar-refractivity contribution in [2.45, 2.75) is 32.6 Å². The summed E-state index contributed by atoms with van der Waals surface area (Å²) < 4.78 is 0. The van der Waals surface area contributed by atoms with Gasteiger partial charge in [0.15, 0.2) is 0 Å². The molecule has 1 aromatic heterocycles. The van der Waals surface area contributed by atoms with Gasteiger partial charge in [-0.1, -0.05) is 38.1 Å². The monoisotopic (exact) mass is 256 g/mol. The minimum absolute atomic E-state index is 0.390. The van der Waals surface area contributed by atoms with Crippen molar-refractivity contribution in [2.75, 3.05) is 0 Å². The number of thiazole rings is 1. The van der Waals surface area contributed by atoms with Crippen LogP contribution in [-0.4, -0.2) is 4.98 Å². The maximum Gasteiger partial charge on any atom is 0.123 e. The van der Waals surface area contributed by atoms with E-state index in [1.54, 1.807) is 11.3 Å². The highest BCUT2D eigenvalue weighted by atomic mass is 32.1. The fourth-order valence-corrected chi connectivity index (χ4v) is 2.62. The van der Waals surface area contributed by atoms with E-state index in [9.17, 15) is 0 Å². The molecule has 0 aliphatic heterocycles. The van der Waals surface area contributed by atoms with Gasteiger partial charge in [-0.3, -0.25) is 0 Å². The highest BCUT2D eigenvalue weighted by molar-refractivity contribution is 7.13. The van der Waals surface area contributed by atoms with E-state index in [1.807, 2.05) is 5.38 Å². The molecule has 0 saturated carbocycles. The Morgan fingerprint density at radius 1 is 1.33 bits per heavy atom. The van der Waals surface area contributed by atoms with E-state index in [1.165, 1.54) is 5.56 Å². The standard InChI is InChI=1S/C15H16N2S/c1-3-11(2)12-4-6-13(7-5-12)15-17-14(8-9-16)10-18-15/h4-7,10-11H,3,8H2,1-2H3. The van der Waals surface area contributed by atoms with Crippen molar-refractivity contribution >= 4 is 11.3 Å². The predicted octanol–water partition coefficient (Wildman–Crippen LogP) is 4.39. The average Bonchev–Trinajstić information content (AvgIpc) is 2.87. The first-order valence-electron chi connectivity index (χ1n) is 6.16. The molecule has 1 heterocycles. The van der Waals surface area contributed by atoms with E-state index >= 15 is 0 Å². The number of rotatable bonds is 4. The SMILES string of the molecule is CCC(C)c1ccc(-c2nc(CC#N)cs2)cc1. The average molecular weight is 256 g/mol. The molecule has 0 N–H and O–H groups in total. The fourth-order valence-electron chi connectivity index (χ4n) is 1.79. The molecule has 0 amide bonds. The van der Waals surface area contributed by atoms with Gasteiger partial charge in [-0.15, -0.1) is 11.3 Å². The quantitative estimate of drug-likeness (QED) is 0.813. The van der Waals surface area contributed by atoms with Crippen molar-refractivity contribution in [1.82, 2.24) is 4.98 Å². The van der Waals surface area contributed by atoms with Gasteiger partial charge in [0, 0.05) is 10.9 Å². The summed E-state index contributed by atoms with van der Waals surface area (Å²) in [5, 5.41) is 11.6. The van der Waals surface area contributed by atoms with Gasteiger partial charge in [0.25, 0.3) is 0 Å². The maximum absolute atomic E-state index is 8.64. The molecule has 1 atom stereocenters. The van der Waals surface area contributed by atoms with E-state index in [-0.39, 0.29) is 0 Å². The summed E-state index contributed by atoms with van der Waals surface area (Å²) in [6.07, 6.45) is 1.55. The van der Waals surface area contributed by atoms with E-state index in [4.69, 9.17) is 5.26 Å². The van der Waals surface area contributed by atoms with Crippen LogP contribution in [-0.2, 0) is 6.42 Å². The van der Waals surface area contributed by atoms with Crippen LogP contribution in [0.4, 0.5) is 0 Å². The van der Waals surface area contributed by atoms with Crippen LogP contribution in [0.5, 0.6) is 0 Å². The van der Waals surface area contributed by atoms with Crippen molar-refractivity contribution in [1.29, 1.82) is 5.26 Å². The summed E-state index contributed by atoms with van der Waals surface area (Å²) in [6, 6.07) is 10.7. The number of hydrogen-bond acceptors (Lipinski definition) is 3. The molecule has 0 spiro atoms. The Morgan fingerprint density at radius 3 is 2.67 bits per heavy atom. The largest absolute Gasteiger partial charge is 0.240 e. The summed E-state index contributed by atoms with van der Waals surface area (Å²) in [6.45, 7) is 4.44. The second kappa shape index (κ2) is 5.79. The van der Waals surface area contributed by atoms with Crippen LogP contribution in [0.3, 0.4) is 0 Å². The van der Waals surface area contributed by atoms with Crippen LogP contribution in [0.25, 0.3) is 10.6 Å². The third-order valence-electron chi connectivity index (χ3n) is 3.15. The van der Waals surface area contributed by atoms with Crippen LogP contribution in [0.2, 0.25) is 0 Å². The molecular formula is C15H16N2S. The second-order valence-electron chi connectivity index (χ2n) is 4.41. The van der Waals surface area contributed by atoms with Gasteiger partial charge < -0.3 is 0 Å². The first-order chi connectivity index (χ1) is 8.74. The van der Waals surface area contributed by atoms with Gasteiger partial charge >= 0.3 is 0 Å². The number of hydrogen-bond donors (Lipinski definition) is 0. The van der Waals surface area contributed by atoms with Crippen molar-refractivity contribution in [3.05, 3.63) is 40.9 Å². The molecule has 0 aliphatic rings. The topological polar surface area (TPSA) is 36.7 Å². The highest BCUT2D eigenvalue weighted by Gasteiger charge is 2.06. The fraction of sp³-hybridized carbons (Fsp3) is 0.333. The minimum Gasteiger partial charge on any atom is -0.240 e. The smallest absolute Gasteiger partial charge is 0.123 e. The molecule has 92 valence electrons. The number of nitriles is 1. The Labute approximate surface area is 112 Å². The molecule has 0 radical (unpaired) electrons. The minimum atomic E-state index is 0.390. The summed E-state index contributed by atoms with van der Waals surface area (Å²) in [4.78, 5) is 4.46. The molecule has 0 fully saturated rings. The zero-order valence-electron chi connectivity index (χ0n) is 10.7. The second-order valence-corrected chi connectivity index (χ2v) is 5.27. The first-order valence-corrected chi connectivity index (χ1v) is 7.04. The molecule has 0 saturated heterocycles. The van der Waals surface area contributed by atoms with Crippen LogP contribution in [0.1, 0.15) is 37.4 Å². The Balaban J connectivity index is 2.20. The highest BCUT2D eigenvalue weighted by Crippen LogP contribution is 2.26. The molecular weight excluding hydrogens is 240 g/mol. The zero-order chi connectivity index (χ0) is 13.0. The molecule has 2 nitrogen and oxygen atoms in total. The van der Waals surface area contributed by atoms with Crippen LogP contribution >= 0.6 is 11.3 Å². The molecule has 1 aromatic carbocycles. The number of aromatic nitrogens is 1. The first kappa shape index (κ1) is 12.8. The van der Waals surface area contributed by atoms with Crippen LogP contribution in [0, 0.1) is 11.3 Å². The molecule has 2 rings (SSSR count). The van der Waals surface area contributed by atoms with Gasteiger partial charge in [-0.05, 0) is 17.9 Å². The van der Waals surface area contributed by atoms with E-state index in [0.717, 1.165) is 22.7 Å². The lowest BCUT2D eigenvalue weighted by atomic mass is 9.98. The number of benzene rings is 1. The molecule has 18 heavy (non-hydrogen) atoms. The lowest BCUT2D eigenvalue weighted by Gasteiger charge is -2.08. The lowest BCUT2D eigenvalue weighted by Crippen LogP contribution is -1.90. The Kier molecular flexibility index (Phi) is 4.11. The van der Waals surface area contributed by atoms with Crippen LogP contribution < -0.4 is 0 Å². The predicted molar refractivity (Wildman–Crippen MR) is 75.6 cm³/mol. The summed E-state index contributed by atoms with van der Waals surface area (Å²) in [7, 11) is 0. The molecule has 3 heteroatoms. The zero-order valence-corrected chi connectivity index (χ0v) is 11.5. The van der Waals surface area contributed by atoms with E-state index in [0.29, 0.717) is 12.3 Å². The summed E-state index contributed by atoms with van der Waals surface area (Å²) in [5.74, 6) is 0.601. The third kappa shape index (κ3) is 2.77. The van der Waals surface area contributed by atoms with Gasteiger partial charge in [-0.25, -0.2) is 4.98 Å². The van der Waals surface area contributed by atoms with E-state index < -0.39 is 0 Å². The molecule has 1 unspecified atom stereocenters. The molecule has 0 aliphatic carbocycles. The van der Waals surface area contributed by atoms with Crippen molar-refractivity contribution in [3.8, 4) is 16.6 Å². The summed E-state index contributed by atoms with van der Waals surface area (Å²) in [5.41, 5.74) is 3.37. The van der Waals surface area contributed by atoms with E-state index in [2.05, 4.69) is 49.2 Å². The van der Waals surface area contributed by atoms with Gasteiger partial charge in [-0.2, -0.15) is 5.26 Å². The normalized spacial score (nSPS) is 12.1. The van der Waals surface area contributed by atoms with Gasteiger partial charge in [0.1, 0.15) is 5.01 Å². The number of nitrogens with zero attached hydrogens (tertiary/aromatic N) is 2. The van der Waals surface area contributed by atoms with Gasteiger partial charge in [0.2, 0.25) is 0 Å². The Bertz CT molecular complexity index is 549. The molecule has 0 bridgehead atoms. The van der Waals surface area contributed by atoms with Crippen molar-refractivity contribution in [2.24, 2.45) is 0 Å². The Hall–Kier alpha value is -1.66. The van der Waals surface area contributed by atoms with Crippen molar-refractivity contribution < 1.29 is 0 Å². The summed E-state index contributed by atoms with van der Waals surface area (Å²) >= 11 is 1.60. The Morgan fingerprint density at radius 2 is 2.06 bits per heavy atom. The maximum atomic E-state index is 8.64. The third-order valence-corrected chi connectivity index (χ3v) is 4.09. The van der Waals surface area contributed by atoms with Gasteiger partial charge in [0.05, 0.1) is 18.2 Å². The van der Waals surface area contributed by atoms with Crippen molar-refractivity contribution in [3.63, 3.8) is 0 Å². The lowest BCUT2D eigenvalue weighted by molar-refractivity contribution is 0.734. The molecule has 2 aromatic rings. The van der Waals surface area contributed by atoms with Crippen LogP contribution in [0.15, 0.2) is 29.6 Å².